The van der Waals surface area contributed by atoms with Crippen LogP contribution in [0.4, 0.5) is 5.69 Å². The largest absolute Gasteiger partial charge is 0.457 e. The Kier molecular flexibility index (Phi) is 6.26. The van der Waals surface area contributed by atoms with Crippen molar-refractivity contribution < 1.29 is 19.1 Å². The van der Waals surface area contributed by atoms with Gasteiger partial charge in [-0.3, -0.25) is 14.4 Å². The van der Waals surface area contributed by atoms with Crippen molar-refractivity contribution in [1.82, 2.24) is 0 Å². The minimum atomic E-state index is -0.458. The van der Waals surface area contributed by atoms with E-state index in [9.17, 15) is 14.4 Å². The Morgan fingerprint density at radius 2 is 1.62 bits per heavy atom. The molecule has 2 rings (SSSR count). The number of Topliss-reactive ketones (excluding diaryl/α,β-unsaturated/α-hetero) is 1. The molecule has 0 saturated carbocycles. The van der Waals surface area contributed by atoms with E-state index in [1.165, 1.54) is 6.92 Å². The van der Waals surface area contributed by atoms with Crippen LogP contribution in [0.5, 0.6) is 0 Å². The van der Waals surface area contributed by atoms with E-state index in [0.717, 1.165) is 10.0 Å². The second-order valence-electron chi connectivity index (χ2n) is 5.15. The molecule has 5 nitrogen and oxygen atoms in total. The number of rotatable bonds is 6. The van der Waals surface area contributed by atoms with Crippen molar-refractivity contribution in [2.45, 2.75) is 13.3 Å². The fourth-order valence-electron chi connectivity index (χ4n) is 1.99. The molecule has 0 spiro atoms. The molecule has 2 aromatic carbocycles. The highest BCUT2D eigenvalue weighted by Crippen LogP contribution is 2.12. The molecule has 124 valence electrons. The Hall–Kier alpha value is -2.47. The first-order valence-electron chi connectivity index (χ1n) is 7.25. The van der Waals surface area contributed by atoms with E-state index in [-0.39, 0.29) is 24.7 Å². The van der Waals surface area contributed by atoms with Crippen LogP contribution in [0.1, 0.15) is 22.8 Å². The first kappa shape index (κ1) is 17.9. The molecule has 2 aromatic rings. The van der Waals surface area contributed by atoms with Gasteiger partial charge in [0.15, 0.2) is 12.4 Å². The maximum atomic E-state index is 12.0. The zero-order valence-electron chi connectivity index (χ0n) is 13.0. The Morgan fingerprint density at radius 1 is 1.00 bits per heavy atom. The number of benzene rings is 2. The third-order valence-electron chi connectivity index (χ3n) is 3.15. The molecule has 0 aromatic heterocycles. The molecule has 0 aliphatic rings. The standard InChI is InChI=1S/C18H16BrNO4/c1-12(21)20-16-8-4-14(5-9-16)17(22)11-24-18(23)10-13-2-6-15(19)7-3-13/h2-9H,10-11H2,1H3,(H,20,21). The molecular weight excluding hydrogens is 374 g/mol. The van der Waals surface area contributed by atoms with Crippen LogP contribution in [-0.4, -0.2) is 24.3 Å². The first-order chi connectivity index (χ1) is 11.4. The second-order valence-corrected chi connectivity index (χ2v) is 6.06. The van der Waals surface area contributed by atoms with E-state index in [4.69, 9.17) is 4.74 Å². The predicted molar refractivity (Wildman–Crippen MR) is 93.9 cm³/mol. The third-order valence-corrected chi connectivity index (χ3v) is 3.68. The molecule has 6 heteroatoms. The number of carbonyl (C=O) groups is 3. The molecule has 0 saturated heterocycles. The maximum Gasteiger partial charge on any atom is 0.310 e. The minimum Gasteiger partial charge on any atom is -0.457 e. The van der Waals surface area contributed by atoms with Gasteiger partial charge in [-0.2, -0.15) is 0 Å². The molecule has 0 fully saturated rings. The zero-order chi connectivity index (χ0) is 17.5. The number of ether oxygens (including phenoxy) is 1. The number of amides is 1. The summed E-state index contributed by atoms with van der Waals surface area (Å²) in [7, 11) is 0. The summed E-state index contributed by atoms with van der Waals surface area (Å²) in [6, 6.07) is 13.7. The van der Waals surface area contributed by atoms with Gasteiger partial charge in [-0.05, 0) is 42.0 Å². The smallest absolute Gasteiger partial charge is 0.310 e. The van der Waals surface area contributed by atoms with Crippen LogP contribution in [0.3, 0.4) is 0 Å². The molecule has 0 bridgehead atoms. The lowest BCUT2D eigenvalue weighted by molar-refractivity contribution is -0.141. The monoisotopic (exact) mass is 389 g/mol. The van der Waals surface area contributed by atoms with Gasteiger partial charge in [-0.25, -0.2) is 0 Å². The maximum absolute atomic E-state index is 12.0. The molecule has 0 radical (unpaired) electrons. The summed E-state index contributed by atoms with van der Waals surface area (Å²) in [4.78, 5) is 34.7. The van der Waals surface area contributed by atoms with Gasteiger partial charge in [0.05, 0.1) is 6.42 Å². The average Bonchev–Trinajstić information content (AvgIpc) is 2.55. The lowest BCUT2D eigenvalue weighted by Crippen LogP contribution is -2.15. The van der Waals surface area contributed by atoms with Crippen molar-refractivity contribution in [3.8, 4) is 0 Å². The van der Waals surface area contributed by atoms with Gasteiger partial charge in [0.25, 0.3) is 0 Å². The van der Waals surface area contributed by atoms with Crippen molar-refractivity contribution in [2.24, 2.45) is 0 Å². The molecule has 0 aliphatic heterocycles. The SMILES string of the molecule is CC(=O)Nc1ccc(C(=O)COC(=O)Cc2ccc(Br)cc2)cc1. The van der Waals surface area contributed by atoms with Gasteiger partial charge in [0.2, 0.25) is 5.91 Å². The predicted octanol–water partition coefficient (Wildman–Crippen LogP) is 3.38. The summed E-state index contributed by atoms with van der Waals surface area (Å²) in [5, 5.41) is 2.61. The molecule has 0 atom stereocenters. The summed E-state index contributed by atoms with van der Waals surface area (Å²) in [5.74, 6) is -0.940. The highest BCUT2D eigenvalue weighted by Gasteiger charge is 2.11. The van der Waals surface area contributed by atoms with Crippen LogP contribution in [0, 0.1) is 0 Å². The zero-order valence-corrected chi connectivity index (χ0v) is 14.6. The molecule has 0 aliphatic carbocycles. The highest BCUT2D eigenvalue weighted by molar-refractivity contribution is 9.10. The quantitative estimate of drug-likeness (QED) is 0.607. The number of anilines is 1. The minimum absolute atomic E-state index is 0.113. The third kappa shape index (κ3) is 5.62. The van der Waals surface area contributed by atoms with E-state index in [1.54, 1.807) is 24.3 Å². The van der Waals surface area contributed by atoms with Crippen molar-refractivity contribution in [2.75, 3.05) is 11.9 Å². The van der Waals surface area contributed by atoms with E-state index < -0.39 is 5.97 Å². The van der Waals surface area contributed by atoms with E-state index >= 15 is 0 Å². The normalized spacial score (nSPS) is 10.1. The topological polar surface area (TPSA) is 72.5 Å². The van der Waals surface area contributed by atoms with E-state index in [0.29, 0.717) is 11.3 Å². The highest BCUT2D eigenvalue weighted by atomic mass is 79.9. The Bertz CT molecular complexity index is 739. The Morgan fingerprint density at radius 3 is 2.21 bits per heavy atom. The fraction of sp³-hybridized carbons (Fsp3) is 0.167. The summed E-state index contributed by atoms with van der Waals surface area (Å²) >= 11 is 3.32. The van der Waals surface area contributed by atoms with Crippen molar-refractivity contribution >= 4 is 39.3 Å². The van der Waals surface area contributed by atoms with Gasteiger partial charge in [0, 0.05) is 22.6 Å². The number of carbonyl (C=O) groups excluding carboxylic acids is 3. The number of nitrogens with one attached hydrogen (secondary N) is 1. The van der Waals surface area contributed by atoms with Crippen LogP contribution in [-0.2, 0) is 20.7 Å². The van der Waals surface area contributed by atoms with Crippen molar-refractivity contribution in [1.29, 1.82) is 0 Å². The van der Waals surface area contributed by atoms with Crippen LogP contribution >= 0.6 is 15.9 Å². The van der Waals surface area contributed by atoms with Gasteiger partial charge in [-0.1, -0.05) is 28.1 Å². The van der Waals surface area contributed by atoms with Crippen LogP contribution < -0.4 is 5.32 Å². The molecule has 0 unspecified atom stereocenters. The van der Waals surface area contributed by atoms with Crippen LogP contribution in [0.25, 0.3) is 0 Å². The van der Waals surface area contributed by atoms with Crippen molar-refractivity contribution in [3.63, 3.8) is 0 Å². The summed E-state index contributed by atoms with van der Waals surface area (Å²) in [5.41, 5.74) is 1.84. The number of ketones is 1. The molecule has 24 heavy (non-hydrogen) atoms. The molecule has 1 amide bonds. The molecular formula is C18H16BrNO4. The van der Waals surface area contributed by atoms with Gasteiger partial charge in [-0.15, -0.1) is 0 Å². The average molecular weight is 390 g/mol. The number of halogens is 1. The van der Waals surface area contributed by atoms with Gasteiger partial charge >= 0.3 is 5.97 Å². The summed E-state index contributed by atoms with van der Waals surface area (Å²) < 4.78 is 5.95. The summed E-state index contributed by atoms with van der Waals surface area (Å²) in [6.07, 6.45) is 0.113. The van der Waals surface area contributed by atoms with Gasteiger partial charge in [0.1, 0.15) is 0 Å². The first-order valence-corrected chi connectivity index (χ1v) is 8.04. The second kappa shape index (κ2) is 8.40. The van der Waals surface area contributed by atoms with Gasteiger partial charge < -0.3 is 10.1 Å². The number of hydrogen-bond donors (Lipinski definition) is 1. The van der Waals surface area contributed by atoms with Crippen LogP contribution in [0.2, 0.25) is 0 Å². The lowest BCUT2D eigenvalue weighted by Gasteiger charge is -2.06. The summed E-state index contributed by atoms with van der Waals surface area (Å²) in [6.45, 7) is 1.10. The number of esters is 1. The van der Waals surface area contributed by atoms with E-state index in [2.05, 4.69) is 21.2 Å². The molecule has 0 heterocycles. The van der Waals surface area contributed by atoms with E-state index in [1.807, 2.05) is 24.3 Å². The fourth-order valence-corrected chi connectivity index (χ4v) is 2.26. The Balaban J connectivity index is 1.84. The van der Waals surface area contributed by atoms with Crippen LogP contribution in [0.15, 0.2) is 53.0 Å². The lowest BCUT2D eigenvalue weighted by atomic mass is 10.1. The van der Waals surface area contributed by atoms with Crippen molar-refractivity contribution in [3.05, 3.63) is 64.1 Å². The number of hydrogen-bond acceptors (Lipinski definition) is 4. The Labute approximate surface area is 148 Å². The molecule has 1 N–H and O–H groups in total.